The molecular weight excluding hydrogens is 370 g/mol. The number of Topliss-reactive ketones (excluding diaryl/α,β-unsaturated/α-hetero) is 1. The Morgan fingerprint density at radius 3 is 2.43 bits per heavy atom. The number of amides is 1. The van der Waals surface area contributed by atoms with E-state index in [-0.39, 0.29) is 23.0 Å². The number of nitrogens with zero attached hydrogens (tertiary/aromatic N) is 1. The van der Waals surface area contributed by atoms with E-state index in [2.05, 4.69) is 26.8 Å². The van der Waals surface area contributed by atoms with Crippen LogP contribution < -0.4 is 4.90 Å². The number of anilines is 1. The maximum Gasteiger partial charge on any atom is 0.232 e. The summed E-state index contributed by atoms with van der Waals surface area (Å²) in [4.78, 5) is 28.5. The van der Waals surface area contributed by atoms with Crippen LogP contribution in [0.15, 0.2) is 65.9 Å². The maximum absolute atomic E-state index is 13.4. The summed E-state index contributed by atoms with van der Waals surface area (Å²) in [5.74, 6) is 0.0680. The molecule has 2 aromatic rings. The minimum absolute atomic E-state index is 0.0638. The molecule has 1 unspecified atom stereocenters. The van der Waals surface area contributed by atoms with Crippen LogP contribution in [0.25, 0.3) is 6.08 Å². The predicted octanol–water partition coefficient (Wildman–Crippen LogP) is 6.01. The van der Waals surface area contributed by atoms with Gasteiger partial charge in [-0.05, 0) is 42.9 Å². The molecule has 0 spiro atoms. The second-order valence-electron chi connectivity index (χ2n) is 9.40. The number of carbonyl (C=O) groups excluding carboxylic acids is 2. The van der Waals surface area contributed by atoms with Crippen molar-refractivity contribution in [1.82, 2.24) is 0 Å². The molecule has 2 aromatic carbocycles. The van der Waals surface area contributed by atoms with E-state index in [1.165, 1.54) is 5.56 Å². The van der Waals surface area contributed by atoms with Crippen molar-refractivity contribution >= 4 is 23.5 Å². The second-order valence-corrected chi connectivity index (χ2v) is 9.40. The molecule has 0 fully saturated rings. The molecule has 1 atom stereocenters. The zero-order chi connectivity index (χ0) is 21.5. The lowest BCUT2D eigenvalue weighted by molar-refractivity contribution is -0.121. The molecule has 1 amide bonds. The maximum atomic E-state index is 13.4. The standard InChI is InChI=1S/C27H29NO2/c1-18-10-13-22(19(2)14-18)28-23-16-27(3,4)17-24(29)26(23)21(15-25(28)30)12-11-20-8-6-5-7-9-20/h5-14,21H,15-17H2,1-4H3/b12-11+. The average molecular weight is 400 g/mol. The first-order chi connectivity index (χ1) is 14.2. The van der Waals surface area contributed by atoms with Gasteiger partial charge in [-0.15, -0.1) is 0 Å². The van der Waals surface area contributed by atoms with Gasteiger partial charge in [0.1, 0.15) is 0 Å². The lowest BCUT2D eigenvalue weighted by Gasteiger charge is -2.42. The summed E-state index contributed by atoms with van der Waals surface area (Å²) >= 11 is 0. The monoisotopic (exact) mass is 399 g/mol. The van der Waals surface area contributed by atoms with Gasteiger partial charge < -0.3 is 0 Å². The third-order valence-corrected chi connectivity index (χ3v) is 6.09. The zero-order valence-corrected chi connectivity index (χ0v) is 18.2. The molecule has 1 aliphatic carbocycles. The molecule has 4 rings (SSSR count). The average Bonchev–Trinajstić information content (AvgIpc) is 2.67. The number of ketones is 1. The van der Waals surface area contributed by atoms with Crippen LogP contribution in [-0.2, 0) is 9.59 Å². The normalized spacial score (nSPS) is 21.3. The molecular formula is C27H29NO2. The summed E-state index contributed by atoms with van der Waals surface area (Å²) < 4.78 is 0. The topological polar surface area (TPSA) is 37.4 Å². The van der Waals surface area contributed by atoms with Crippen molar-refractivity contribution in [2.75, 3.05) is 4.90 Å². The van der Waals surface area contributed by atoms with Gasteiger partial charge in [-0.3, -0.25) is 14.5 Å². The summed E-state index contributed by atoms with van der Waals surface area (Å²) in [6.45, 7) is 8.32. The molecule has 0 radical (unpaired) electrons. The van der Waals surface area contributed by atoms with Crippen LogP contribution in [-0.4, -0.2) is 11.7 Å². The highest BCUT2D eigenvalue weighted by atomic mass is 16.2. The van der Waals surface area contributed by atoms with Crippen molar-refractivity contribution < 1.29 is 9.59 Å². The van der Waals surface area contributed by atoms with E-state index in [0.717, 1.165) is 34.5 Å². The third kappa shape index (κ3) is 3.89. The molecule has 30 heavy (non-hydrogen) atoms. The quantitative estimate of drug-likeness (QED) is 0.633. The molecule has 0 saturated heterocycles. The second kappa shape index (κ2) is 7.71. The van der Waals surface area contributed by atoms with Crippen LogP contribution in [0.3, 0.4) is 0 Å². The van der Waals surface area contributed by atoms with E-state index in [9.17, 15) is 9.59 Å². The van der Waals surface area contributed by atoms with E-state index in [4.69, 9.17) is 0 Å². The summed E-state index contributed by atoms with van der Waals surface area (Å²) in [7, 11) is 0. The van der Waals surface area contributed by atoms with Gasteiger partial charge in [0.25, 0.3) is 0 Å². The molecule has 2 aliphatic rings. The summed E-state index contributed by atoms with van der Waals surface area (Å²) in [5, 5.41) is 0. The fourth-order valence-electron chi connectivity index (χ4n) is 4.75. The molecule has 3 heteroatoms. The van der Waals surface area contributed by atoms with Gasteiger partial charge in [0.05, 0.1) is 5.69 Å². The van der Waals surface area contributed by atoms with Crippen LogP contribution >= 0.6 is 0 Å². The third-order valence-electron chi connectivity index (χ3n) is 6.09. The number of hydrogen-bond acceptors (Lipinski definition) is 2. The number of rotatable bonds is 3. The van der Waals surface area contributed by atoms with Crippen molar-refractivity contribution in [1.29, 1.82) is 0 Å². The molecule has 1 heterocycles. The van der Waals surface area contributed by atoms with Crippen LogP contribution in [0.5, 0.6) is 0 Å². The van der Waals surface area contributed by atoms with Gasteiger partial charge in [0.2, 0.25) is 5.91 Å². The smallest absolute Gasteiger partial charge is 0.232 e. The lowest BCUT2D eigenvalue weighted by atomic mass is 9.70. The number of benzene rings is 2. The van der Waals surface area contributed by atoms with E-state index in [0.29, 0.717) is 12.8 Å². The summed E-state index contributed by atoms with van der Waals surface area (Å²) in [5.41, 5.74) is 5.76. The number of carbonyl (C=O) groups is 2. The van der Waals surface area contributed by atoms with E-state index in [1.54, 1.807) is 0 Å². The Kier molecular flexibility index (Phi) is 5.23. The zero-order valence-electron chi connectivity index (χ0n) is 18.2. The summed E-state index contributed by atoms with van der Waals surface area (Å²) in [6, 6.07) is 16.2. The van der Waals surface area contributed by atoms with Crippen molar-refractivity contribution in [2.24, 2.45) is 11.3 Å². The predicted molar refractivity (Wildman–Crippen MR) is 122 cm³/mol. The highest BCUT2D eigenvalue weighted by molar-refractivity contribution is 6.07. The molecule has 0 saturated carbocycles. The number of hydrogen-bond donors (Lipinski definition) is 0. The van der Waals surface area contributed by atoms with Crippen molar-refractivity contribution in [3.05, 3.63) is 82.6 Å². The Balaban J connectivity index is 1.82. The molecule has 3 nitrogen and oxygen atoms in total. The molecule has 1 aliphatic heterocycles. The highest BCUT2D eigenvalue weighted by Gasteiger charge is 2.43. The van der Waals surface area contributed by atoms with Crippen molar-refractivity contribution in [3.8, 4) is 0 Å². The van der Waals surface area contributed by atoms with E-state index >= 15 is 0 Å². The van der Waals surface area contributed by atoms with Gasteiger partial charge in [0.15, 0.2) is 5.78 Å². The Morgan fingerprint density at radius 1 is 1.00 bits per heavy atom. The number of allylic oxidation sites excluding steroid dienone is 3. The molecule has 0 N–H and O–H groups in total. The fourth-order valence-corrected chi connectivity index (χ4v) is 4.75. The van der Waals surface area contributed by atoms with Crippen LogP contribution in [0.4, 0.5) is 5.69 Å². The largest absolute Gasteiger partial charge is 0.294 e. The Hall–Kier alpha value is -2.94. The van der Waals surface area contributed by atoms with Gasteiger partial charge in [-0.2, -0.15) is 0 Å². The number of aryl methyl sites for hydroxylation is 2. The SMILES string of the molecule is Cc1ccc(N2C(=O)CC(/C=C/c3ccccc3)C3=C2CC(C)(C)CC3=O)c(C)c1. The first kappa shape index (κ1) is 20.3. The molecule has 0 bridgehead atoms. The van der Waals surface area contributed by atoms with E-state index < -0.39 is 0 Å². The fraction of sp³-hybridized carbons (Fsp3) is 0.333. The van der Waals surface area contributed by atoms with Gasteiger partial charge >= 0.3 is 0 Å². The van der Waals surface area contributed by atoms with Gasteiger partial charge in [-0.25, -0.2) is 0 Å². The van der Waals surface area contributed by atoms with Gasteiger partial charge in [0, 0.05) is 30.0 Å². The van der Waals surface area contributed by atoms with Gasteiger partial charge in [-0.1, -0.05) is 74.0 Å². The first-order valence-corrected chi connectivity index (χ1v) is 10.6. The lowest BCUT2D eigenvalue weighted by Crippen LogP contribution is -2.44. The van der Waals surface area contributed by atoms with Crippen molar-refractivity contribution in [2.45, 2.75) is 47.0 Å². The minimum Gasteiger partial charge on any atom is -0.294 e. The van der Waals surface area contributed by atoms with Crippen LogP contribution in [0.1, 0.15) is 49.8 Å². The molecule has 154 valence electrons. The Morgan fingerprint density at radius 2 is 1.73 bits per heavy atom. The van der Waals surface area contributed by atoms with Crippen LogP contribution in [0, 0.1) is 25.2 Å². The van der Waals surface area contributed by atoms with Crippen LogP contribution in [0.2, 0.25) is 0 Å². The van der Waals surface area contributed by atoms with Crippen molar-refractivity contribution in [3.63, 3.8) is 0 Å². The Bertz CT molecular complexity index is 1060. The molecule has 0 aromatic heterocycles. The summed E-state index contributed by atoms with van der Waals surface area (Å²) in [6.07, 6.45) is 5.64. The first-order valence-electron chi connectivity index (χ1n) is 10.6. The Labute approximate surface area is 179 Å². The minimum atomic E-state index is -0.168. The van der Waals surface area contributed by atoms with E-state index in [1.807, 2.05) is 66.4 Å². The highest BCUT2D eigenvalue weighted by Crippen LogP contribution is 2.46.